The number of hydrogen-bond donors (Lipinski definition) is 2. The number of rotatable bonds is 9. The number of nitrogens with zero attached hydrogens (tertiary/aromatic N) is 6. The Morgan fingerprint density at radius 2 is 1.92 bits per heavy atom. The minimum Gasteiger partial charge on any atom is -0.495 e. The van der Waals surface area contributed by atoms with Crippen molar-refractivity contribution in [2.24, 2.45) is 0 Å². The third kappa shape index (κ3) is 5.57. The summed E-state index contributed by atoms with van der Waals surface area (Å²) in [5.74, 6) is 0.870. The minimum atomic E-state index is 0.0260. The predicted molar refractivity (Wildman–Crippen MR) is 142 cm³/mol. The number of benzene rings is 1. The highest BCUT2D eigenvalue weighted by Crippen LogP contribution is 2.31. The van der Waals surface area contributed by atoms with Crippen LogP contribution in [0.3, 0.4) is 0 Å². The number of halogens is 1. The molecule has 11 heteroatoms. The number of carbonyl (C=O) groups excluding carboxylic acids is 1. The van der Waals surface area contributed by atoms with Gasteiger partial charge in [-0.25, -0.2) is 15.0 Å². The first-order chi connectivity index (χ1) is 18.1. The van der Waals surface area contributed by atoms with Gasteiger partial charge in [0.25, 0.3) is 0 Å². The highest BCUT2D eigenvalue weighted by Gasteiger charge is 2.20. The summed E-state index contributed by atoms with van der Waals surface area (Å²) in [6.45, 7) is 4.45. The fourth-order valence-electron chi connectivity index (χ4n) is 4.41. The molecule has 4 heterocycles. The largest absolute Gasteiger partial charge is 0.495 e. The normalized spacial score (nSPS) is 14.7. The molecule has 37 heavy (non-hydrogen) atoms. The zero-order valence-corrected chi connectivity index (χ0v) is 21.2. The van der Waals surface area contributed by atoms with Gasteiger partial charge in [-0.2, -0.15) is 0 Å². The molecule has 10 nitrogen and oxygen atoms in total. The Hall–Kier alpha value is -3.57. The Morgan fingerprint density at radius 3 is 2.70 bits per heavy atom. The standard InChI is InChI=1S/C26H28ClN7O3/c1-37-23-14-18(22(36)17-33-10-8-32(9-11-33)12-13-35)5-6-20(23)30-26-29-15-19(27)25(31-26)21-16-28-24-4-2-3-7-34(21)24/h2-7,14-16,35H,8-13,17H2,1H3,(H,29,30,31). The molecule has 0 saturated carbocycles. The molecule has 2 N–H and O–H groups in total. The number of aliphatic hydroxyl groups is 1. The molecule has 0 aliphatic carbocycles. The number of nitrogens with one attached hydrogen (secondary N) is 1. The van der Waals surface area contributed by atoms with E-state index in [1.807, 2.05) is 28.8 Å². The van der Waals surface area contributed by atoms with Crippen molar-refractivity contribution in [2.45, 2.75) is 0 Å². The first kappa shape index (κ1) is 25.1. The molecule has 5 rings (SSSR count). The van der Waals surface area contributed by atoms with Gasteiger partial charge in [0.1, 0.15) is 17.1 Å². The van der Waals surface area contributed by atoms with Gasteiger partial charge in [-0.1, -0.05) is 17.7 Å². The summed E-state index contributed by atoms with van der Waals surface area (Å²) in [5.41, 5.74) is 3.28. The summed E-state index contributed by atoms with van der Waals surface area (Å²) >= 11 is 6.44. The maximum absolute atomic E-state index is 13.0. The molecule has 0 bridgehead atoms. The van der Waals surface area contributed by atoms with Crippen LogP contribution in [-0.4, -0.2) is 93.0 Å². The number of imidazole rings is 1. The van der Waals surface area contributed by atoms with E-state index in [0.29, 0.717) is 46.8 Å². The van der Waals surface area contributed by atoms with E-state index < -0.39 is 0 Å². The van der Waals surface area contributed by atoms with E-state index >= 15 is 0 Å². The first-order valence-electron chi connectivity index (χ1n) is 12.0. The van der Waals surface area contributed by atoms with Crippen molar-refractivity contribution < 1.29 is 14.6 Å². The number of piperazine rings is 1. The maximum atomic E-state index is 13.0. The summed E-state index contributed by atoms with van der Waals surface area (Å²) in [4.78, 5) is 30.7. The number of ketones is 1. The van der Waals surface area contributed by atoms with Crippen molar-refractivity contribution in [2.75, 3.05) is 58.3 Å². The molecule has 0 atom stereocenters. The highest BCUT2D eigenvalue weighted by atomic mass is 35.5. The van der Waals surface area contributed by atoms with Crippen molar-refractivity contribution in [1.29, 1.82) is 0 Å². The average Bonchev–Trinajstić information content (AvgIpc) is 3.35. The molecule has 4 aromatic rings. The number of carbonyl (C=O) groups is 1. The van der Waals surface area contributed by atoms with Gasteiger partial charge < -0.3 is 15.2 Å². The Labute approximate surface area is 219 Å². The predicted octanol–water partition coefficient (Wildman–Crippen LogP) is 2.99. The SMILES string of the molecule is COc1cc(C(=O)CN2CCN(CCO)CC2)ccc1Nc1ncc(Cl)c(-c2cnc3ccccn23)n1. The number of anilines is 2. The van der Waals surface area contributed by atoms with Crippen LogP contribution in [0, 0.1) is 0 Å². The van der Waals surface area contributed by atoms with Crippen LogP contribution in [0.4, 0.5) is 11.6 Å². The van der Waals surface area contributed by atoms with Gasteiger partial charge in [0.15, 0.2) is 5.78 Å². The number of ether oxygens (including phenoxy) is 1. The molecule has 0 unspecified atom stereocenters. The molecule has 3 aromatic heterocycles. The summed E-state index contributed by atoms with van der Waals surface area (Å²) in [6, 6.07) is 11.0. The second kappa shape index (κ2) is 11.2. The van der Waals surface area contributed by atoms with Crippen LogP contribution in [0.15, 0.2) is 55.0 Å². The van der Waals surface area contributed by atoms with Gasteiger partial charge in [-0.05, 0) is 30.3 Å². The molecule has 1 saturated heterocycles. The van der Waals surface area contributed by atoms with Crippen molar-refractivity contribution in [3.8, 4) is 17.1 Å². The third-order valence-electron chi connectivity index (χ3n) is 6.42. The Morgan fingerprint density at radius 1 is 1.11 bits per heavy atom. The van der Waals surface area contributed by atoms with Crippen molar-refractivity contribution in [3.05, 3.63) is 65.6 Å². The van der Waals surface area contributed by atoms with Gasteiger partial charge >= 0.3 is 0 Å². The van der Waals surface area contributed by atoms with Crippen LogP contribution in [0.5, 0.6) is 5.75 Å². The van der Waals surface area contributed by atoms with Crippen molar-refractivity contribution in [3.63, 3.8) is 0 Å². The van der Waals surface area contributed by atoms with E-state index in [1.165, 1.54) is 0 Å². The van der Waals surface area contributed by atoms with Gasteiger partial charge in [-0.15, -0.1) is 0 Å². The lowest BCUT2D eigenvalue weighted by atomic mass is 10.1. The van der Waals surface area contributed by atoms with E-state index in [1.54, 1.807) is 37.7 Å². The Kier molecular flexibility index (Phi) is 7.61. The quantitative estimate of drug-likeness (QED) is 0.321. The average molecular weight is 522 g/mol. The molecule has 1 aliphatic heterocycles. The summed E-state index contributed by atoms with van der Waals surface area (Å²) < 4.78 is 7.48. The number of aliphatic hydroxyl groups excluding tert-OH is 1. The topological polar surface area (TPSA) is 108 Å². The van der Waals surface area contributed by atoms with Gasteiger partial charge in [0.2, 0.25) is 5.95 Å². The van der Waals surface area contributed by atoms with E-state index in [2.05, 4.69) is 30.1 Å². The number of Topliss-reactive ketones (excluding diaryl/α,β-unsaturated/α-hetero) is 1. The summed E-state index contributed by atoms with van der Waals surface area (Å²) in [6.07, 6.45) is 5.16. The fourth-order valence-corrected chi connectivity index (χ4v) is 4.60. The molecule has 1 aliphatic rings. The lowest BCUT2D eigenvalue weighted by molar-refractivity contribution is 0.0822. The second-order valence-electron chi connectivity index (χ2n) is 8.77. The molecule has 0 radical (unpaired) electrons. The number of fused-ring (bicyclic) bond motifs is 1. The lowest BCUT2D eigenvalue weighted by Crippen LogP contribution is -2.48. The van der Waals surface area contributed by atoms with E-state index in [4.69, 9.17) is 21.4 Å². The summed E-state index contributed by atoms with van der Waals surface area (Å²) in [5, 5.41) is 12.7. The Balaban J connectivity index is 1.31. The lowest BCUT2D eigenvalue weighted by Gasteiger charge is -2.33. The molecule has 0 spiro atoms. The van der Waals surface area contributed by atoms with Crippen LogP contribution >= 0.6 is 11.6 Å². The molecule has 1 aromatic carbocycles. The van der Waals surface area contributed by atoms with E-state index in [9.17, 15) is 4.79 Å². The molecule has 192 valence electrons. The molecular weight excluding hydrogens is 494 g/mol. The zero-order valence-electron chi connectivity index (χ0n) is 20.5. The number of hydrogen-bond acceptors (Lipinski definition) is 9. The van der Waals surface area contributed by atoms with Gasteiger partial charge in [-0.3, -0.25) is 19.0 Å². The molecule has 1 fully saturated rings. The summed E-state index contributed by atoms with van der Waals surface area (Å²) in [7, 11) is 1.56. The monoisotopic (exact) mass is 521 g/mol. The maximum Gasteiger partial charge on any atom is 0.227 e. The highest BCUT2D eigenvalue weighted by molar-refractivity contribution is 6.32. The number of methoxy groups -OCH3 is 1. The van der Waals surface area contributed by atoms with Crippen molar-refractivity contribution >= 4 is 34.7 Å². The van der Waals surface area contributed by atoms with Crippen LogP contribution in [-0.2, 0) is 0 Å². The van der Waals surface area contributed by atoms with Crippen LogP contribution in [0.2, 0.25) is 5.02 Å². The zero-order chi connectivity index (χ0) is 25.8. The van der Waals surface area contributed by atoms with Crippen LogP contribution in [0.25, 0.3) is 17.0 Å². The number of pyridine rings is 1. The van der Waals surface area contributed by atoms with E-state index in [-0.39, 0.29) is 12.4 Å². The Bertz CT molecular complexity index is 1400. The second-order valence-corrected chi connectivity index (χ2v) is 9.17. The minimum absolute atomic E-state index is 0.0260. The fraction of sp³-hybridized carbons (Fsp3) is 0.308. The molecule has 0 amide bonds. The van der Waals surface area contributed by atoms with Gasteiger partial charge in [0, 0.05) is 44.5 Å². The third-order valence-corrected chi connectivity index (χ3v) is 6.70. The van der Waals surface area contributed by atoms with E-state index in [0.717, 1.165) is 37.5 Å². The number of β-amino-alcohol motifs (C(OH)–C–C–N with tert-alkyl or cyclic N) is 1. The first-order valence-corrected chi connectivity index (χ1v) is 12.4. The van der Waals surface area contributed by atoms with Gasteiger partial charge in [0.05, 0.1) is 49.1 Å². The molecular formula is C26H28ClN7O3. The van der Waals surface area contributed by atoms with Crippen LogP contribution in [0.1, 0.15) is 10.4 Å². The smallest absolute Gasteiger partial charge is 0.227 e. The van der Waals surface area contributed by atoms with Crippen LogP contribution < -0.4 is 10.1 Å². The van der Waals surface area contributed by atoms with Crippen molar-refractivity contribution in [1.82, 2.24) is 29.2 Å². The number of aromatic nitrogens is 4.